The van der Waals surface area contributed by atoms with E-state index in [2.05, 4.69) is 0 Å². The Bertz CT molecular complexity index is 97.2. The molecule has 0 aromatic carbocycles. The van der Waals surface area contributed by atoms with Crippen molar-refractivity contribution in [2.24, 2.45) is 0 Å². The van der Waals surface area contributed by atoms with Gasteiger partial charge in [0, 0.05) is 0 Å². The van der Waals surface area contributed by atoms with Crippen molar-refractivity contribution in [3.05, 3.63) is 0 Å². The lowest BCUT2D eigenvalue weighted by Gasteiger charge is -2.10. The molecule has 0 aromatic heterocycles. The standard InChI is InChI=1S/C7H16O6/c8-1-6(10)3-12-5-13-4-7(11)2-9/h6-11H,1-5H2. The Balaban J connectivity index is 3.08. The van der Waals surface area contributed by atoms with Crippen molar-refractivity contribution in [2.45, 2.75) is 12.2 Å². The van der Waals surface area contributed by atoms with Crippen LogP contribution in [0.25, 0.3) is 0 Å². The lowest BCUT2D eigenvalue weighted by atomic mass is 10.4. The summed E-state index contributed by atoms with van der Waals surface area (Å²) in [5.74, 6) is 0. The van der Waals surface area contributed by atoms with Crippen LogP contribution in [0.15, 0.2) is 0 Å². The van der Waals surface area contributed by atoms with E-state index in [4.69, 9.17) is 29.9 Å². The van der Waals surface area contributed by atoms with Crippen molar-refractivity contribution >= 4 is 0 Å². The largest absolute Gasteiger partial charge is 0.394 e. The Morgan fingerprint density at radius 2 is 1.23 bits per heavy atom. The molecule has 0 aromatic rings. The smallest absolute Gasteiger partial charge is 0.146 e. The van der Waals surface area contributed by atoms with Crippen LogP contribution in [-0.2, 0) is 9.47 Å². The third-order valence-corrected chi connectivity index (χ3v) is 1.21. The summed E-state index contributed by atoms with van der Waals surface area (Å²) in [6, 6.07) is 0. The van der Waals surface area contributed by atoms with Gasteiger partial charge in [-0.1, -0.05) is 0 Å². The van der Waals surface area contributed by atoms with Crippen LogP contribution in [0.4, 0.5) is 0 Å². The highest BCUT2D eigenvalue weighted by Gasteiger charge is 2.03. The molecule has 0 rings (SSSR count). The van der Waals surface area contributed by atoms with Gasteiger partial charge in [0.2, 0.25) is 0 Å². The number of hydrogen-bond donors (Lipinski definition) is 4. The quantitative estimate of drug-likeness (QED) is 0.257. The Kier molecular flexibility index (Phi) is 8.21. The van der Waals surface area contributed by atoms with Crippen LogP contribution in [0.2, 0.25) is 0 Å². The van der Waals surface area contributed by atoms with Gasteiger partial charge in [0.05, 0.1) is 26.4 Å². The third kappa shape index (κ3) is 8.10. The van der Waals surface area contributed by atoms with E-state index in [1.54, 1.807) is 0 Å². The van der Waals surface area contributed by atoms with Crippen molar-refractivity contribution in [1.29, 1.82) is 0 Å². The molecule has 0 saturated carbocycles. The van der Waals surface area contributed by atoms with Crippen LogP contribution in [-0.4, -0.2) is 65.9 Å². The highest BCUT2D eigenvalue weighted by atomic mass is 16.7. The van der Waals surface area contributed by atoms with Gasteiger partial charge in [0.15, 0.2) is 0 Å². The predicted molar refractivity (Wildman–Crippen MR) is 43.0 cm³/mol. The average molecular weight is 196 g/mol. The molecule has 6 heteroatoms. The maximum atomic E-state index is 8.79. The van der Waals surface area contributed by atoms with E-state index in [-0.39, 0.29) is 33.2 Å². The lowest BCUT2D eigenvalue weighted by molar-refractivity contribution is -0.106. The summed E-state index contributed by atoms with van der Waals surface area (Å²) in [7, 11) is 0. The number of rotatable bonds is 8. The summed E-state index contributed by atoms with van der Waals surface area (Å²) in [6.45, 7) is -0.857. The van der Waals surface area contributed by atoms with Crippen LogP contribution in [0, 0.1) is 0 Å². The molecule has 0 aliphatic carbocycles. The predicted octanol–water partition coefficient (Wildman–Crippen LogP) is -2.32. The van der Waals surface area contributed by atoms with Gasteiger partial charge < -0.3 is 29.9 Å². The van der Waals surface area contributed by atoms with Gasteiger partial charge in [-0.25, -0.2) is 0 Å². The molecule has 4 N–H and O–H groups in total. The average Bonchev–Trinajstić information content (AvgIpc) is 2.16. The molecule has 0 aliphatic heterocycles. The normalized spacial score (nSPS) is 15.7. The topological polar surface area (TPSA) is 99.4 Å². The number of aliphatic hydroxyl groups is 4. The van der Waals surface area contributed by atoms with Crippen molar-refractivity contribution in [1.82, 2.24) is 0 Å². The van der Waals surface area contributed by atoms with Crippen LogP contribution >= 0.6 is 0 Å². The maximum Gasteiger partial charge on any atom is 0.146 e. The van der Waals surface area contributed by atoms with Crippen LogP contribution in [0.1, 0.15) is 0 Å². The fourth-order valence-corrected chi connectivity index (χ4v) is 0.533. The molecule has 13 heavy (non-hydrogen) atoms. The zero-order valence-corrected chi connectivity index (χ0v) is 7.30. The van der Waals surface area contributed by atoms with Crippen LogP contribution in [0.3, 0.4) is 0 Å². The summed E-state index contributed by atoms with van der Waals surface area (Å²) < 4.78 is 9.51. The van der Waals surface area contributed by atoms with Crippen LogP contribution < -0.4 is 0 Å². The van der Waals surface area contributed by atoms with Gasteiger partial charge in [-0.15, -0.1) is 0 Å². The van der Waals surface area contributed by atoms with Crippen LogP contribution in [0.5, 0.6) is 0 Å². The second-order valence-electron chi connectivity index (χ2n) is 2.53. The van der Waals surface area contributed by atoms with E-state index in [1.807, 2.05) is 0 Å². The number of hydrogen-bond acceptors (Lipinski definition) is 6. The maximum absolute atomic E-state index is 8.79. The van der Waals surface area contributed by atoms with Gasteiger partial charge in [-0.2, -0.15) is 0 Å². The van der Waals surface area contributed by atoms with E-state index < -0.39 is 12.2 Å². The first kappa shape index (κ1) is 12.8. The molecule has 0 fully saturated rings. The summed E-state index contributed by atoms with van der Waals surface area (Å²) in [5, 5.41) is 34.3. The monoisotopic (exact) mass is 196 g/mol. The Hall–Kier alpha value is -0.240. The third-order valence-electron chi connectivity index (χ3n) is 1.21. The number of aliphatic hydroxyl groups excluding tert-OH is 4. The minimum Gasteiger partial charge on any atom is -0.394 e. The minimum absolute atomic E-state index is 0.0221. The zero-order valence-electron chi connectivity index (χ0n) is 7.30. The molecule has 2 atom stereocenters. The fourth-order valence-electron chi connectivity index (χ4n) is 0.533. The molecule has 2 unspecified atom stereocenters. The summed E-state index contributed by atoms with van der Waals surface area (Å²) in [4.78, 5) is 0. The highest BCUT2D eigenvalue weighted by molar-refractivity contribution is 4.48. The second-order valence-corrected chi connectivity index (χ2v) is 2.53. The molecule has 0 heterocycles. The highest BCUT2D eigenvalue weighted by Crippen LogP contribution is 1.87. The first-order valence-corrected chi connectivity index (χ1v) is 3.94. The Morgan fingerprint density at radius 1 is 0.846 bits per heavy atom. The lowest BCUT2D eigenvalue weighted by Crippen LogP contribution is -2.23. The number of ether oxygens (including phenoxy) is 2. The molecule has 80 valence electrons. The van der Waals surface area contributed by atoms with Crippen molar-refractivity contribution < 1.29 is 29.9 Å². The van der Waals surface area contributed by atoms with Crippen molar-refractivity contribution in [3.8, 4) is 0 Å². The van der Waals surface area contributed by atoms with Gasteiger partial charge in [-0.05, 0) is 0 Å². The van der Waals surface area contributed by atoms with E-state index in [1.165, 1.54) is 0 Å². The van der Waals surface area contributed by atoms with Gasteiger partial charge in [0.25, 0.3) is 0 Å². The zero-order chi connectivity index (χ0) is 10.1. The molecule has 0 saturated heterocycles. The molecular weight excluding hydrogens is 180 g/mol. The Labute approximate surface area is 76.3 Å². The second kappa shape index (κ2) is 8.36. The first-order valence-electron chi connectivity index (χ1n) is 3.94. The van der Waals surface area contributed by atoms with E-state index in [9.17, 15) is 0 Å². The summed E-state index contributed by atoms with van der Waals surface area (Å²) >= 11 is 0. The van der Waals surface area contributed by atoms with Crippen molar-refractivity contribution in [2.75, 3.05) is 33.2 Å². The molecule has 0 amide bonds. The summed E-state index contributed by atoms with van der Waals surface area (Å²) in [5.41, 5.74) is 0. The molecule has 0 bridgehead atoms. The minimum atomic E-state index is -0.911. The van der Waals surface area contributed by atoms with Crippen molar-refractivity contribution in [3.63, 3.8) is 0 Å². The van der Waals surface area contributed by atoms with E-state index >= 15 is 0 Å². The molecular formula is C7H16O6. The first-order chi connectivity index (χ1) is 6.20. The molecule has 6 nitrogen and oxygen atoms in total. The van der Waals surface area contributed by atoms with E-state index in [0.717, 1.165) is 0 Å². The van der Waals surface area contributed by atoms with Gasteiger partial charge in [0.1, 0.15) is 19.0 Å². The molecule has 0 radical (unpaired) electrons. The van der Waals surface area contributed by atoms with Gasteiger partial charge >= 0.3 is 0 Å². The van der Waals surface area contributed by atoms with E-state index in [0.29, 0.717) is 0 Å². The SMILES string of the molecule is OCC(O)COCOCC(O)CO. The molecule has 0 spiro atoms. The summed E-state index contributed by atoms with van der Waals surface area (Å²) in [6.07, 6.45) is -1.82. The molecule has 0 aliphatic rings. The van der Waals surface area contributed by atoms with Gasteiger partial charge in [-0.3, -0.25) is 0 Å². The Morgan fingerprint density at radius 3 is 1.54 bits per heavy atom. The fraction of sp³-hybridized carbons (Fsp3) is 1.00.